The molecule has 0 spiro atoms. The second-order valence-corrected chi connectivity index (χ2v) is 6.67. The molecule has 6 heteroatoms. The zero-order valence-corrected chi connectivity index (χ0v) is 16.4. The molecule has 0 radical (unpaired) electrons. The van der Waals surface area contributed by atoms with Crippen molar-refractivity contribution in [3.8, 4) is 0 Å². The summed E-state index contributed by atoms with van der Waals surface area (Å²) in [6.07, 6.45) is 0. The number of Topliss-reactive ketones (excluding diaryl/α,β-unsaturated/α-hetero) is 1. The first kappa shape index (κ1) is 22.3. The van der Waals surface area contributed by atoms with Crippen LogP contribution < -0.4 is 0 Å². The molecular formula is C18H27O5P. The van der Waals surface area contributed by atoms with E-state index in [0.29, 0.717) is 5.56 Å². The molecule has 0 amide bonds. The first-order valence-corrected chi connectivity index (χ1v) is 9.22. The summed E-state index contributed by atoms with van der Waals surface area (Å²) >= 11 is 0. The zero-order valence-electron chi connectivity index (χ0n) is 15.4. The molecular weight excluding hydrogens is 327 g/mol. The van der Waals surface area contributed by atoms with Gasteiger partial charge in [-0.1, -0.05) is 39.8 Å². The minimum Gasteiger partial charge on any atom is -0.478 e. The summed E-state index contributed by atoms with van der Waals surface area (Å²) in [5.41, 5.74) is -1.51. The highest BCUT2D eigenvalue weighted by Crippen LogP contribution is 2.43. The normalized spacial score (nSPS) is 11.6. The molecule has 0 aliphatic heterocycles. The van der Waals surface area contributed by atoms with E-state index >= 15 is 0 Å². The standard InChI is InChI=1S/C16H21O5P.C2H6/c1-15(2,16(3,4)14(20)21-22-5)12(17)10-6-8-11(9-7-10)13(18)19;1-2/h6-9,22H,1-5H3,(H,18,19);1-2H3. The Labute approximate surface area is 145 Å². The number of carbonyl (C=O) groups excluding carboxylic acids is 2. The summed E-state index contributed by atoms with van der Waals surface area (Å²) in [7, 11) is 0.0200. The molecule has 24 heavy (non-hydrogen) atoms. The third-order valence-corrected chi connectivity index (χ3v) is 4.62. The molecule has 0 aliphatic carbocycles. The molecule has 0 heterocycles. The van der Waals surface area contributed by atoms with Crippen LogP contribution in [-0.4, -0.2) is 29.5 Å². The van der Waals surface area contributed by atoms with E-state index < -0.39 is 22.8 Å². The highest BCUT2D eigenvalue weighted by molar-refractivity contribution is 7.31. The number of hydrogen-bond acceptors (Lipinski definition) is 4. The quantitative estimate of drug-likeness (QED) is 0.604. The van der Waals surface area contributed by atoms with Crippen LogP contribution in [0, 0.1) is 10.8 Å². The first-order chi connectivity index (χ1) is 11.1. The minimum atomic E-state index is -1.05. The lowest BCUT2D eigenvalue weighted by Gasteiger charge is -2.37. The van der Waals surface area contributed by atoms with Crippen LogP contribution in [0.5, 0.6) is 0 Å². The van der Waals surface area contributed by atoms with Gasteiger partial charge in [0.05, 0.1) is 19.8 Å². The van der Waals surface area contributed by atoms with Gasteiger partial charge in [-0.2, -0.15) is 0 Å². The first-order valence-electron chi connectivity index (χ1n) is 7.82. The highest BCUT2D eigenvalue weighted by Gasteiger charge is 2.49. The summed E-state index contributed by atoms with van der Waals surface area (Å²) in [4.78, 5) is 35.7. The van der Waals surface area contributed by atoms with Crippen molar-refractivity contribution < 1.29 is 24.0 Å². The average Bonchev–Trinajstić information content (AvgIpc) is 2.56. The molecule has 134 valence electrons. The van der Waals surface area contributed by atoms with Crippen molar-refractivity contribution in [2.75, 3.05) is 6.66 Å². The van der Waals surface area contributed by atoms with Crippen molar-refractivity contribution >= 4 is 26.5 Å². The van der Waals surface area contributed by atoms with Crippen molar-refractivity contribution in [2.45, 2.75) is 41.5 Å². The maximum atomic E-state index is 12.7. The average molecular weight is 354 g/mol. The van der Waals surface area contributed by atoms with Gasteiger partial charge in [-0.25, -0.2) is 4.79 Å². The van der Waals surface area contributed by atoms with Crippen LogP contribution in [0.1, 0.15) is 62.3 Å². The molecule has 1 aromatic carbocycles. The number of carboxylic acids is 1. The van der Waals surface area contributed by atoms with Gasteiger partial charge in [0.15, 0.2) is 5.78 Å². The second-order valence-electron chi connectivity index (χ2n) is 6.06. The molecule has 1 atom stereocenters. The lowest BCUT2D eigenvalue weighted by molar-refractivity contribution is -0.147. The predicted octanol–water partition coefficient (Wildman–Crippen LogP) is 4.41. The molecule has 0 fully saturated rings. The van der Waals surface area contributed by atoms with Gasteiger partial charge < -0.3 is 9.63 Å². The maximum absolute atomic E-state index is 12.7. The van der Waals surface area contributed by atoms with E-state index in [1.807, 2.05) is 13.8 Å². The number of benzene rings is 1. The van der Waals surface area contributed by atoms with E-state index in [0.717, 1.165) is 0 Å². The van der Waals surface area contributed by atoms with Crippen LogP contribution in [-0.2, 0) is 9.32 Å². The van der Waals surface area contributed by atoms with E-state index in [1.165, 1.54) is 24.3 Å². The van der Waals surface area contributed by atoms with Crippen LogP contribution in [0.4, 0.5) is 0 Å². The molecule has 1 unspecified atom stereocenters. The number of rotatable bonds is 6. The van der Waals surface area contributed by atoms with Gasteiger partial charge >= 0.3 is 11.9 Å². The number of aromatic carboxylic acids is 1. The van der Waals surface area contributed by atoms with Gasteiger partial charge in [-0.05, 0) is 32.6 Å². The highest BCUT2D eigenvalue weighted by atomic mass is 31.1. The van der Waals surface area contributed by atoms with Crippen molar-refractivity contribution in [2.24, 2.45) is 10.8 Å². The molecule has 1 aromatic rings. The van der Waals surface area contributed by atoms with E-state index in [1.54, 1.807) is 34.4 Å². The molecule has 1 rings (SSSR count). The van der Waals surface area contributed by atoms with Crippen molar-refractivity contribution in [3.63, 3.8) is 0 Å². The molecule has 0 aromatic heterocycles. The van der Waals surface area contributed by atoms with Gasteiger partial charge in [-0.3, -0.25) is 9.59 Å². The molecule has 5 nitrogen and oxygen atoms in total. The molecule has 0 bridgehead atoms. The Balaban J connectivity index is 0.00000254. The Kier molecular flexibility index (Phi) is 8.28. The molecule has 1 N–H and O–H groups in total. The number of carboxylic acid groups (broad SMARTS) is 1. The summed E-state index contributed by atoms with van der Waals surface area (Å²) in [5.74, 6) is -1.70. The minimum absolute atomic E-state index is 0.0200. The number of carbonyl (C=O) groups is 3. The summed E-state index contributed by atoms with van der Waals surface area (Å²) < 4.78 is 5.09. The largest absolute Gasteiger partial charge is 0.478 e. The lowest BCUT2D eigenvalue weighted by Crippen LogP contribution is -2.45. The van der Waals surface area contributed by atoms with Crippen molar-refractivity contribution in [3.05, 3.63) is 35.4 Å². The van der Waals surface area contributed by atoms with Crippen molar-refractivity contribution in [1.82, 2.24) is 0 Å². The SMILES string of the molecule is CC.CPOC(=O)C(C)(C)C(C)(C)C(=O)c1ccc(C(=O)O)cc1. The van der Waals surface area contributed by atoms with E-state index in [9.17, 15) is 14.4 Å². The monoisotopic (exact) mass is 354 g/mol. The number of ketones is 1. The van der Waals surface area contributed by atoms with Gasteiger partial charge in [-0.15, -0.1) is 0 Å². The second kappa shape index (κ2) is 8.93. The fraction of sp³-hybridized carbons (Fsp3) is 0.500. The van der Waals surface area contributed by atoms with E-state index in [-0.39, 0.29) is 20.2 Å². The van der Waals surface area contributed by atoms with E-state index in [4.69, 9.17) is 9.63 Å². The molecule has 0 saturated carbocycles. The molecule has 0 aliphatic rings. The van der Waals surface area contributed by atoms with Crippen molar-refractivity contribution in [1.29, 1.82) is 0 Å². The third kappa shape index (κ3) is 4.64. The van der Waals surface area contributed by atoms with Crippen LogP contribution in [0.15, 0.2) is 24.3 Å². The van der Waals surface area contributed by atoms with Gasteiger partial charge in [0, 0.05) is 11.0 Å². The fourth-order valence-corrected chi connectivity index (χ4v) is 2.32. The van der Waals surface area contributed by atoms with Crippen LogP contribution in [0.25, 0.3) is 0 Å². The summed E-state index contributed by atoms with van der Waals surface area (Å²) in [6.45, 7) is 12.5. The Morgan fingerprint density at radius 2 is 1.33 bits per heavy atom. The van der Waals surface area contributed by atoms with Gasteiger partial charge in [0.2, 0.25) is 0 Å². The van der Waals surface area contributed by atoms with Crippen LogP contribution >= 0.6 is 8.81 Å². The van der Waals surface area contributed by atoms with E-state index in [2.05, 4.69) is 0 Å². The smallest absolute Gasteiger partial charge is 0.335 e. The number of hydrogen-bond donors (Lipinski definition) is 1. The lowest BCUT2D eigenvalue weighted by atomic mass is 9.64. The maximum Gasteiger partial charge on any atom is 0.335 e. The predicted molar refractivity (Wildman–Crippen MR) is 97.0 cm³/mol. The summed E-state index contributed by atoms with van der Waals surface area (Å²) in [6, 6.07) is 5.70. The van der Waals surface area contributed by atoms with Gasteiger partial charge in [0.1, 0.15) is 0 Å². The third-order valence-electron chi connectivity index (χ3n) is 4.23. The van der Waals surface area contributed by atoms with Gasteiger partial charge in [0.25, 0.3) is 0 Å². The Hall–Kier alpha value is -1.74. The Morgan fingerprint density at radius 1 is 0.917 bits per heavy atom. The fourth-order valence-electron chi connectivity index (χ4n) is 1.88. The topological polar surface area (TPSA) is 80.7 Å². The van der Waals surface area contributed by atoms with Crippen LogP contribution in [0.2, 0.25) is 0 Å². The Bertz CT molecular complexity index is 588. The Morgan fingerprint density at radius 3 is 1.71 bits per heavy atom. The van der Waals surface area contributed by atoms with Crippen LogP contribution in [0.3, 0.4) is 0 Å². The summed E-state index contributed by atoms with van der Waals surface area (Å²) in [5, 5.41) is 8.89. The molecule has 0 saturated heterocycles. The zero-order chi connectivity index (χ0) is 19.1.